The summed E-state index contributed by atoms with van der Waals surface area (Å²) in [4.78, 5) is 0. The Balaban J connectivity index is 2.22. The first-order chi connectivity index (χ1) is 9.17. The van der Waals surface area contributed by atoms with Gasteiger partial charge < -0.3 is 10.1 Å². The van der Waals surface area contributed by atoms with Gasteiger partial charge in [0.1, 0.15) is 0 Å². The van der Waals surface area contributed by atoms with E-state index in [1.165, 1.54) is 15.6 Å². The van der Waals surface area contributed by atoms with Gasteiger partial charge in [-0.15, -0.1) is 11.3 Å². The molecule has 1 N–H and O–H groups in total. The van der Waals surface area contributed by atoms with E-state index < -0.39 is 0 Å². The van der Waals surface area contributed by atoms with Crippen molar-refractivity contribution in [3.63, 3.8) is 0 Å². The number of benzene rings is 1. The number of ether oxygens (including phenoxy) is 1. The monoisotopic (exact) mass is 277 g/mol. The van der Waals surface area contributed by atoms with Crippen LogP contribution in [0.1, 0.15) is 19.4 Å². The lowest BCUT2D eigenvalue weighted by Gasteiger charge is -2.28. The van der Waals surface area contributed by atoms with Crippen molar-refractivity contribution >= 4 is 21.4 Å². The summed E-state index contributed by atoms with van der Waals surface area (Å²) < 4.78 is 7.03. The second-order valence-corrected chi connectivity index (χ2v) is 6.21. The van der Waals surface area contributed by atoms with Crippen molar-refractivity contribution in [1.82, 2.24) is 5.32 Å². The lowest BCUT2D eigenvalue weighted by atomic mass is 9.94. The Bertz CT molecular complexity index is 520. The van der Waals surface area contributed by atoms with Crippen molar-refractivity contribution in [3.05, 3.63) is 35.2 Å². The zero-order chi connectivity index (χ0) is 13.8. The van der Waals surface area contributed by atoms with E-state index >= 15 is 0 Å². The quantitative estimate of drug-likeness (QED) is 0.869. The third-order valence-corrected chi connectivity index (χ3v) is 4.71. The van der Waals surface area contributed by atoms with Gasteiger partial charge >= 0.3 is 0 Å². The minimum atomic E-state index is 0.240. The lowest BCUT2D eigenvalue weighted by molar-refractivity contribution is 0.0355. The second kappa shape index (κ2) is 6.51. The Kier molecular flexibility index (Phi) is 4.97. The fraction of sp³-hybridized carbons (Fsp3) is 0.500. The van der Waals surface area contributed by atoms with Gasteiger partial charge in [0.25, 0.3) is 0 Å². The highest BCUT2D eigenvalue weighted by Gasteiger charge is 2.24. The van der Waals surface area contributed by atoms with E-state index in [1.807, 2.05) is 18.4 Å². The maximum absolute atomic E-state index is 5.67. The minimum Gasteiger partial charge on any atom is -0.380 e. The summed E-state index contributed by atoms with van der Waals surface area (Å²) in [6.07, 6.45) is 1.25. The van der Waals surface area contributed by atoms with Crippen molar-refractivity contribution in [2.45, 2.75) is 32.4 Å². The highest BCUT2D eigenvalue weighted by molar-refractivity contribution is 7.17. The standard InChI is InChI=1S/C16H23NOS/c1-11(2)16(18-4)14(17-3)9-12-10-19-15-8-6-5-7-13(12)15/h5-8,10-11,14,16-17H,9H2,1-4H3. The molecule has 2 nitrogen and oxygen atoms in total. The van der Waals surface area contributed by atoms with Gasteiger partial charge in [0.05, 0.1) is 6.10 Å². The number of rotatable bonds is 6. The summed E-state index contributed by atoms with van der Waals surface area (Å²) in [5.74, 6) is 0.507. The van der Waals surface area contributed by atoms with E-state index in [4.69, 9.17) is 4.74 Å². The zero-order valence-electron chi connectivity index (χ0n) is 12.1. The van der Waals surface area contributed by atoms with Crippen LogP contribution in [-0.2, 0) is 11.2 Å². The molecule has 0 saturated carbocycles. The summed E-state index contributed by atoms with van der Waals surface area (Å²) >= 11 is 1.83. The maximum Gasteiger partial charge on any atom is 0.0750 e. The van der Waals surface area contributed by atoms with E-state index in [-0.39, 0.29) is 6.10 Å². The van der Waals surface area contributed by atoms with Crippen molar-refractivity contribution in [1.29, 1.82) is 0 Å². The number of hydrogen-bond acceptors (Lipinski definition) is 3. The molecule has 2 unspecified atom stereocenters. The molecule has 0 amide bonds. The third kappa shape index (κ3) is 3.16. The molecule has 0 fully saturated rings. The summed E-state index contributed by atoms with van der Waals surface area (Å²) in [5.41, 5.74) is 1.42. The summed E-state index contributed by atoms with van der Waals surface area (Å²) in [5, 5.41) is 7.08. The summed E-state index contributed by atoms with van der Waals surface area (Å²) in [6.45, 7) is 4.43. The van der Waals surface area contributed by atoms with Gasteiger partial charge in [-0.25, -0.2) is 0 Å². The predicted molar refractivity (Wildman–Crippen MR) is 84.0 cm³/mol. The molecule has 0 radical (unpaired) electrons. The number of hydrogen-bond donors (Lipinski definition) is 1. The van der Waals surface area contributed by atoms with Crippen LogP contribution in [0.2, 0.25) is 0 Å². The highest BCUT2D eigenvalue weighted by Crippen LogP contribution is 2.27. The van der Waals surface area contributed by atoms with Crippen LogP contribution in [0.15, 0.2) is 29.6 Å². The molecule has 19 heavy (non-hydrogen) atoms. The third-order valence-electron chi connectivity index (χ3n) is 3.70. The van der Waals surface area contributed by atoms with Crippen molar-refractivity contribution in [2.75, 3.05) is 14.2 Å². The second-order valence-electron chi connectivity index (χ2n) is 5.30. The number of methoxy groups -OCH3 is 1. The molecule has 2 atom stereocenters. The Hall–Kier alpha value is -0.900. The predicted octanol–water partition coefficient (Wildman–Crippen LogP) is 3.70. The Morgan fingerprint density at radius 1 is 1.26 bits per heavy atom. The van der Waals surface area contributed by atoms with E-state index in [1.54, 1.807) is 7.11 Å². The zero-order valence-corrected chi connectivity index (χ0v) is 13.0. The van der Waals surface area contributed by atoms with Crippen LogP contribution >= 0.6 is 11.3 Å². The topological polar surface area (TPSA) is 21.3 Å². The van der Waals surface area contributed by atoms with Crippen LogP contribution in [0.4, 0.5) is 0 Å². The first kappa shape index (κ1) is 14.5. The average Bonchev–Trinajstić information content (AvgIpc) is 2.81. The highest BCUT2D eigenvalue weighted by atomic mass is 32.1. The van der Waals surface area contributed by atoms with E-state index in [2.05, 4.69) is 48.8 Å². The van der Waals surface area contributed by atoms with E-state index in [9.17, 15) is 0 Å². The van der Waals surface area contributed by atoms with Crippen LogP contribution in [-0.4, -0.2) is 26.3 Å². The molecule has 0 aliphatic carbocycles. The number of thiophene rings is 1. The van der Waals surface area contributed by atoms with Gasteiger partial charge in [-0.2, -0.15) is 0 Å². The molecule has 2 rings (SSSR count). The molecule has 104 valence electrons. The van der Waals surface area contributed by atoms with E-state index in [0.29, 0.717) is 12.0 Å². The molecular weight excluding hydrogens is 254 g/mol. The van der Waals surface area contributed by atoms with Crippen molar-refractivity contribution < 1.29 is 4.74 Å². The molecule has 1 aromatic heterocycles. The molecule has 1 heterocycles. The van der Waals surface area contributed by atoms with Gasteiger partial charge in [0.15, 0.2) is 0 Å². The molecule has 0 bridgehead atoms. The molecule has 2 aromatic rings. The minimum absolute atomic E-state index is 0.240. The van der Waals surface area contributed by atoms with Gasteiger partial charge in [0, 0.05) is 17.9 Å². The van der Waals surface area contributed by atoms with Gasteiger partial charge in [0.2, 0.25) is 0 Å². The normalized spacial score (nSPS) is 15.0. The smallest absolute Gasteiger partial charge is 0.0750 e. The largest absolute Gasteiger partial charge is 0.380 e. The Labute approximate surface area is 119 Å². The van der Waals surface area contributed by atoms with Crippen LogP contribution in [0.5, 0.6) is 0 Å². The first-order valence-corrected chi connectivity index (χ1v) is 7.70. The summed E-state index contributed by atoms with van der Waals surface area (Å²) in [7, 11) is 3.83. The fourth-order valence-electron chi connectivity index (χ4n) is 2.71. The molecule has 0 saturated heterocycles. The lowest BCUT2D eigenvalue weighted by Crippen LogP contribution is -2.43. The molecule has 0 aliphatic heterocycles. The molecule has 0 spiro atoms. The van der Waals surface area contributed by atoms with Gasteiger partial charge in [-0.1, -0.05) is 32.0 Å². The van der Waals surface area contributed by atoms with Gasteiger partial charge in [-0.3, -0.25) is 0 Å². The summed E-state index contributed by atoms with van der Waals surface area (Å²) in [6, 6.07) is 8.97. The average molecular weight is 277 g/mol. The van der Waals surface area contributed by atoms with Crippen LogP contribution in [0.3, 0.4) is 0 Å². The van der Waals surface area contributed by atoms with Crippen molar-refractivity contribution in [2.24, 2.45) is 5.92 Å². The number of likely N-dealkylation sites (N-methyl/N-ethyl adjacent to an activating group) is 1. The van der Waals surface area contributed by atoms with Crippen LogP contribution in [0, 0.1) is 5.92 Å². The Morgan fingerprint density at radius 3 is 2.63 bits per heavy atom. The molecule has 3 heteroatoms. The van der Waals surface area contributed by atoms with Crippen molar-refractivity contribution in [3.8, 4) is 0 Å². The van der Waals surface area contributed by atoms with Gasteiger partial charge in [-0.05, 0) is 41.8 Å². The SMILES string of the molecule is CNC(Cc1csc2ccccc12)C(OC)C(C)C. The Morgan fingerprint density at radius 2 is 2.00 bits per heavy atom. The van der Waals surface area contributed by atoms with Crippen LogP contribution < -0.4 is 5.32 Å². The van der Waals surface area contributed by atoms with Crippen LogP contribution in [0.25, 0.3) is 10.1 Å². The number of nitrogens with one attached hydrogen (secondary N) is 1. The maximum atomic E-state index is 5.67. The first-order valence-electron chi connectivity index (χ1n) is 6.82. The molecular formula is C16H23NOS. The molecule has 0 aliphatic rings. The fourth-order valence-corrected chi connectivity index (χ4v) is 3.69. The molecule has 1 aromatic carbocycles. The number of fused-ring (bicyclic) bond motifs is 1. The van der Waals surface area contributed by atoms with E-state index in [0.717, 1.165) is 6.42 Å².